The summed E-state index contributed by atoms with van der Waals surface area (Å²) in [5.74, 6) is 3.03. The number of rotatable bonds is 12. The Hall–Kier alpha value is 0.0600. The fraction of sp³-hybridized carbons (Fsp3) is 0.692. The van der Waals surface area contributed by atoms with E-state index in [0.717, 1.165) is 63.6 Å². The molecule has 4 nitrogen and oxygen atoms in total. The van der Waals surface area contributed by atoms with E-state index in [1.165, 1.54) is 9.81 Å². The second-order valence-electron chi connectivity index (χ2n) is 10.3. The van der Waals surface area contributed by atoms with Crippen molar-refractivity contribution in [1.82, 2.24) is 9.80 Å². The van der Waals surface area contributed by atoms with Crippen LogP contribution in [-0.2, 0) is 9.47 Å². The largest absolute Gasteiger partial charge is 0.381 e. The SMILES string of the molecule is CC(CCOCCCOCCC(C)(C)N1C(=S)C=C2SCCC2C1=S)N1C(=S)C=C2SCCC2C1=S. The fourth-order valence-corrected chi connectivity index (χ4v) is 9.92. The molecule has 36 heavy (non-hydrogen) atoms. The van der Waals surface area contributed by atoms with Crippen LogP contribution in [0.3, 0.4) is 0 Å². The van der Waals surface area contributed by atoms with Crippen LogP contribution in [0.4, 0.5) is 0 Å². The minimum Gasteiger partial charge on any atom is -0.381 e. The van der Waals surface area contributed by atoms with Gasteiger partial charge in [0, 0.05) is 49.8 Å². The van der Waals surface area contributed by atoms with Gasteiger partial charge in [0.25, 0.3) is 0 Å². The highest BCUT2D eigenvalue weighted by atomic mass is 32.2. The lowest BCUT2D eigenvalue weighted by Crippen LogP contribution is -2.53. The van der Waals surface area contributed by atoms with Gasteiger partial charge in [-0.15, -0.1) is 23.5 Å². The van der Waals surface area contributed by atoms with Crippen LogP contribution in [0.25, 0.3) is 0 Å². The molecule has 0 aliphatic carbocycles. The topological polar surface area (TPSA) is 24.9 Å². The van der Waals surface area contributed by atoms with Crippen LogP contribution in [0, 0.1) is 11.8 Å². The van der Waals surface area contributed by atoms with Gasteiger partial charge in [0.15, 0.2) is 0 Å². The second-order valence-corrected chi connectivity index (χ2v) is 14.3. The third-order valence-corrected chi connectivity index (χ3v) is 11.2. The Morgan fingerprint density at radius 3 is 2.14 bits per heavy atom. The summed E-state index contributed by atoms with van der Waals surface area (Å²) >= 11 is 26.8. The molecule has 3 unspecified atom stereocenters. The van der Waals surface area contributed by atoms with E-state index in [1.54, 1.807) is 0 Å². The molecule has 3 atom stereocenters. The first-order chi connectivity index (χ1) is 17.2. The molecule has 0 amide bonds. The lowest BCUT2D eigenvalue weighted by Gasteiger charge is -2.44. The standard InChI is InChI=1S/C26H36N2O2S6/c1-17(27-22(31)15-20-18(24(27)33)6-13-35-20)5-11-29-9-4-10-30-12-8-26(2,3)28-23(32)16-21-19(25(28)34)7-14-36-21/h15-19H,4-14H2,1-3H3. The summed E-state index contributed by atoms with van der Waals surface area (Å²) in [4.78, 5) is 10.7. The molecule has 0 spiro atoms. The van der Waals surface area contributed by atoms with E-state index in [0.29, 0.717) is 38.3 Å². The van der Waals surface area contributed by atoms with Crippen LogP contribution in [0.15, 0.2) is 22.0 Å². The number of thioether (sulfide) groups is 2. The van der Waals surface area contributed by atoms with Gasteiger partial charge in [-0.3, -0.25) is 0 Å². The van der Waals surface area contributed by atoms with Crippen LogP contribution in [0.2, 0.25) is 0 Å². The van der Waals surface area contributed by atoms with Crippen LogP contribution >= 0.6 is 72.4 Å². The highest BCUT2D eigenvalue weighted by Gasteiger charge is 2.40. The fourth-order valence-electron chi connectivity index (χ4n) is 5.08. The number of nitrogens with zero attached hydrogens (tertiary/aromatic N) is 2. The number of thiocarbonyl (C=S) groups is 4. The van der Waals surface area contributed by atoms with Crippen molar-refractivity contribution < 1.29 is 9.47 Å². The first-order valence-corrected chi connectivity index (χ1v) is 16.4. The van der Waals surface area contributed by atoms with Gasteiger partial charge in [-0.1, -0.05) is 48.9 Å². The molecule has 2 saturated heterocycles. The van der Waals surface area contributed by atoms with Crippen LogP contribution in [0.1, 0.15) is 52.9 Å². The highest BCUT2D eigenvalue weighted by molar-refractivity contribution is 8.03. The number of ether oxygens (including phenoxy) is 2. The molecule has 2 fully saturated rings. The zero-order chi connectivity index (χ0) is 25.9. The zero-order valence-corrected chi connectivity index (χ0v) is 26.2. The summed E-state index contributed by atoms with van der Waals surface area (Å²) in [6.07, 6.45) is 9.22. The molecule has 4 rings (SSSR count). The Labute approximate surface area is 246 Å². The molecule has 0 saturated carbocycles. The van der Waals surface area contributed by atoms with E-state index in [1.807, 2.05) is 23.5 Å². The summed E-state index contributed by atoms with van der Waals surface area (Å²) in [5.41, 5.74) is -0.154. The average molecular weight is 601 g/mol. The van der Waals surface area contributed by atoms with Crippen molar-refractivity contribution in [3.8, 4) is 0 Å². The normalized spacial score (nSPS) is 25.2. The first kappa shape index (κ1) is 29.1. The maximum absolute atomic E-state index is 5.94. The molecule has 0 aromatic carbocycles. The predicted octanol–water partition coefficient (Wildman–Crippen LogP) is 6.57. The van der Waals surface area contributed by atoms with Gasteiger partial charge in [-0.05, 0) is 86.3 Å². The molecule has 0 aromatic heterocycles. The molecule has 4 heterocycles. The second kappa shape index (κ2) is 12.9. The van der Waals surface area contributed by atoms with Gasteiger partial charge < -0.3 is 19.3 Å². The zero-order valence-electron chi connectivity index (χ0n) is 21.3. The van der Waals surface area contributed by atoms with Crippen molar-refractivity contribution in [3.63, 3.8) is 0 Å². The summed E-state index contributed by atoms with van der Waals surface area (Å²) in [6.45, 7) is 9.38. The van der Waals surface area contributed by atoms with Gasteiger partial charge in [0.1, 0.15) is 9.98 Å². The molecular formula is C26H36N2O2S6. The van der Waals surface area contributed by atoms with Gasteiger partial charge >= 0.3 is 0 Å². The molecule has 198 valence electrons. The first-order valence-electron chi connectivity index (χ1n) is 12.8. The number of hydrogen-bond donors (Lipinski definition) is 0. The Balaban J connectivity index is 1.09. The highest BCUT2D eigenvalue weighted by Crippen LogP contribution is 2.43. The Morgan fingerprint density at radius 2 is 1.47 bits per heavy atom. The number of hydrogen-bond acceptors (Lipinski definition) is 8. The van der Waals surface area contributed by atoms with Crippen LogP contribution in [-0.4, -0.2) is 79.3 Å². The Morgan fingerprint density at radius 1 is 0.889 bits per heavy atom. The van der Waals surface area contributed by atoms with Gasteiger partial charge in [-0.25, -0.2) is 0 Å². The Bertz CT molecular complexity index is 962. The van der Waals surface area contributed by atoms with Gasteiger partial charge in [0.05, 0.1) is 9.98 Å². The molecule has 0 bridgehead atoms. The van der Waals surface area contributed by atoms with E-state index in [2.05, 4.69) is 42.7 Å². The average Bonchev–Trinajstić information content (AvgIpc) is 3.47. The van der Waals surface area contributed by atoms with Crippen LogP contribution in [0.5, 0.6) is 0 Å². The van der Waals surface area contributed by atoms with Gasteiger partial charge in [0.2, 0.25) is 0 Å². The summed E-state index contributed by atoms with van der Waals surface area (Å²) in [5, 5.41) is 0. The van der Waals surface area contributed by atoms with Gasteiger partial charge in [-0.2, -0.15) is 0 Å². The van der Waals surface area contributed by atoms with Crippen molar-refractivity contribution in [3.05, 3.63) is 22.0 Å². The lowest BCUT2D eigenvalue weighted by molar-refractivity contribution is 0.0671. The summed E-state index contributed by atoms with van der Waals surface area (Å²) in [6, 6.07) is 0.257. The molecule has 0 N–H and O–H groups in total. The van der Waals surface area contributed by atoms with Crippen molar-refractivity contribution in [2.45, 2.75) is 64.5 Å². The third kappa shape index (κ3) is 6.61. The van der Waals surface area contributed by atoms with Crippen molar-refractivity contribution in [1.29, 1.82) is 0 Å². The molecule has 4 aliphatic rings. The Kier molecular flexibility index (Phi) is 10.4. The van der Waals surface area contributed by atoms with Crippen molar-refractivity contribution in [2.24, 2.45) is 11.8 Å². The molecule has 0 radical (unpaired) electrons. The smallest absolute Gasteiger partial charge is 0.108 e. The third-order valence-electron chi connectivity index (χ3n) is 7.24. The maximum Gasteiger partial charge on any atom is 0.108 e. The molecule has 4 aliphatic heterocycles. The van der Waals surface area contributed by atoms with E-state index < -0.39 is 0 Å². The van der Waals surface area contributed by atoms with Crippen molar-refractivity contribution >= 4 is 92.3 Å². The van der Waals surface area contributed by atoms with E-state index in [4.69, 9.17) is 58.3 Å². The minimum absolute atomic E-state index is 0.154. The van der Waals surface area contributed by atoms with Crippen LogP contribution < -0.4 is 0 Å². The minimum atomic E-state index is -0.154. The summed E-state index contributed by atoms with van der Waals surface area (Å²) < 4.78 is 11.8. The van der Waals surface area contributed by atoms with E-state index in [9.17, 15) is 0 Å². The number of fused-ring (bicyclic) bond motifs is 2. The monoisotopic (exact) mass is 600 g/mol. The predicted molar refractivity (Wildman–Crippen MR) is 170 cm³/mol. The maximum atomic E-state index is 5.94. The molecule has 10 heteroatoms. The molecule has 0 aromatic rings. The quantitative estimate of drug-likeness (QED) is 0.181. The lowest BCUT2D eigenvalue weighted by atomic mass is 9.93. The van der Waals surface area contributed by atoms with E-state index >= 15 is 0 Å². The van der Waals surface area contributed by atoms with E-state index in [-0.39, 0.29) is 11.6 Å². The van der Waals surface area contributed by atoms with Crippen molar-refractivity contribution in [2.75, 3.05) is 37.9 Å². The molecular weight excluding hydrogens is 565 g/mol. The summed E-state index contributed by atoms with van der Waals surface area (Å²) in [7, 11) is 0.